The van der Waals surface area contributed by atoms with E-state index in [4.69, 9.17) is 4.74 Å². The highest BCUT2D eigenvalue weighted by molar-refractivity contribution is 5.31. The first-order chi connectivity index (χ1) is 9.52. The quantitative estimate of drug-likeness (QED) is 0.774. The van der Waals surface area contributed by atoms with Gasteiger partial charge >= 0.3 is 0 Å². The van der Waals surface area contributed by atoms with Crippen LogP contribution < -0.4 is 4.74 Å². The van der Waals surface area contributed by atoms with Crippen molar-refractivity contribution in [2.75, 3.05) is 6.54 Å². The average Bonchev–Trinajstić information content (AvgIpc) is 2.42. The van der Waals surface area contributed by atoms with Crippen LogP contribution in [0.15, 0.2) is 47.5 Å². The molecule has 2 heteroatoms. The van der Waals surface area contributed by atoms with Crippen molar-refractivity contribution in [1.82, 2.24) is 4.90 Å². The highest BCUT2D eigenvalue weighted by atomic mass is 16.5. The van der Waals surface area contributed by atoms with Crippen molar-refractivity contribution in [2.45, 2.75) is 41.0 Å². The lowest BCUT2D eigenvalue weighted by Gasteiger charge is -2.34. The number of ether oxygens (including phenoxy) is 1. The molecular formula is C18H25NO. The molecule has 0 unspecified atom stereocenters. The second-order valence-electron chi connectivity index (χ2n) is 5.73. The standard InChI is InChI=1S/C18H25NO/c1-6-19-17(13(2)3)12-9-15(5)18(19)20-16-10-7-14(4)8-11-16/h7-8,10-13H,6,9H2,1-5H3. The largest absolute Gasteiger partial charge is 0.441 e. The van der Waals surface area contributed by atoms with Gasteiger partial charge in [-0.3, -0.25) is 0 Å². The first-order valence-electron chi connectivity index (χ1n) is 7.44. The van der Waals surface area contributed by atoms with Crippen molar-refractivity contribution in [3.63, 3.8) is 0 Å². The number of nitrogens with zero attached hydrogens (tertiary/aromatic N) is 1. The highest BCUT2D eigenvalue weighted by Gasteiger charge is 2.23. The molecule has 1 aromatic carbocycles. The minimum atomic E-state index is 0.514. The van der Waals surface area contributed by atoms with Gasteiger partial charge in [0.25, 0.3) is 0 Å². The third kappa shape index (κ3) is 3.06. The molecule has 0 spiro atoms. The van der Waals surface area contributed by atoms with Gasteiger partial charge in [-0.05, 0) is 50.8 Å². The van der Waals surface area contributed by atoms with Gasteiger partial charge in [0.2, 0.25) is 0 Å². The molecule has 0 saturated carbocycles. The van der Waals surface area contributed by atoms with Gasteiger partial charge in [0.05, 0.1) is 0 Å². The summed E-state index contributed by atoms with van der Waals surface area (Å²) >= 11 is 0. The summed E-state index contributed by atoms with van der Waals surface area (Å²) in [5.41, 5.74) is 3.90. The van der Waals surface area contributed by atoms with E-state index >= 15 is 0 Å². The number of hydrogen-bond donors (Lipinski definition) is 0. The van der Waals surface area contributed by atoms with E-state index in [1.807, 2.05) is 12.1 Å². The Bertz CT molecular complexity index is 523. The Labute approximate surface area is 122 Å². The molecule has 1 heterocycles. The summed E-state index contributed by atoms with van der Waals surface area (Å²) < 4.78 is 6.17. The summed E-state index contributed by atoms with van der Waals surface area (Å²) in [6.45, 7) is 11.8. The molecule has 0 N–H and O–H groups in total. The molecule has 0 aromatic heterocycles. The van der Waals surface area contributed by atoms with Crippen LogP contribution in [0.3, 0.4) is 0 Å². The minimum Gasteiger partial charge on any atom is -0.441 e. The number of allylic oxidation sites excluding steroid dienone is 3. The molecule has 1 aliphatic rings. The van der Waals surface area contributed by atoms with Gasteiger partial charge in [-0.15, -0.1) is 0 Å². The zero-order chi connectivity index (χ0) is 14.7. The molecule has 0 radical (unpaired) electrons. The summed E-state index contributed by atoms with van der Waals surface area (Å²) in [6.07, 6.45) is 3.30. The molecular weight excluding hydrogens is 246 g/mol. The van der Waals surface area contributed by atoms with E-state index in [-0.39, 0.29) is 0 Å². The molecule has 0 atom stereocenters. The van der Waals surface area contributed by atoms with Crippen LogP contribution >= 0.6 is 0 Å². The van der Waals surface area contributed by atoms with E-state index in [0.717, 1.165) is 24.6 Å². The van der Waals surface area contributed by atoms with E-state index in [9.17, 15) is 0 Å². The fourth-order valence-electron chi connectivity index (χ4n) is 2.54. The van der Waals surface area contributed by atoms with E-state index in [1.54, 1.807) is 0 Å². The molecule has 1 aliphatic heterocycles. The van der Waals surface area contributed by atoms with Crippen LogP contribution in [-0.4, -0.2) is 11.4 Å². The molecule has 0 amide bonds. The lowest BCUT2D eigenvalue weighted by molar-refractivity contribution is 0.235. The average molecular weight is 271 g/mol. The summed E-state index contributed by atoms with van der Waals surface area (Å²) in [4.78, 5) is 2.29. The minimum absolute atomic E-state index is 0.514. The SMILES string of the molecule is CCN1C(C(C)C)=CCC(C)=C1Oc1ccc(C)cc1. The van der Waals surface area contributed by atoms with Gasteiger partial charge in [0.15, 0.2) is 5.88 Å². The second kappa shape index (κ2) is 6.17. The van der Waals surface area contributed by atoms with Crippen molar-refractivity contribution in [1.29, 1.82) is 0 Å². The maximum Gasteiger partial charge on any atom is 0.199 e. The molecule has 1 aromatic rings. The fourth-order valence-corrected chi connectivity index (χ4v) is 2.54. The van der Waals surface area contributed by atoms with Crippen LogP contribution in [0.4, 0.5) is 0 Å². The third-order valence-electron chi connectivity index (χ3n) is 3.68. The Hall–Kier alpha value is -1.70. The molecule has 0 saturated heterocycles. The zero-order valence-corrected chi connectivity index (χ0v) is 13.2. The highest BCUT2D eigenvalue weighted by Crippen LogP contribution is 2.31. The maximum absolute atomic E-state index is 6.17. The molecule has 2 nitrogen and oxygen atoms in total. The molecule has 108 valence electrons. The van der Waals surface area contributed by atoms with Crippen molar-refractivity contribution < 1.29 is 4.74 Å². The van der Waals surface area contributed by atoms with Gasteiger partial charge in [0, 0.05) is 12.2 Å². The van der Waals surface area contributed by atoms with E-state index in [1.165, 1.54) is 16.8 Å². The van der Waals surface area contributed by atoms with E-state index in [0.29, 0.717) is 5.92 Å². The Kier molecular flexibility index (Phi) is 4.53. The Morgan fingerprint density at radius 1 is 1.15 bits per heavy atom. The van der Waals surface area contributed by atoms with Gasteiger partial charge in [-0.2, -0.15) is 0 Å². The van der Waals surface area contributed by atoms with Gasteiger partial charge in [-0.1, -0.05) is 37.6 Å². The van der Waals surface area contributed by atoms with Crippen LogP contribution in [0.5, 0.6) is 5.75 Å². The molecule has 0 fully saturated rings. The predicted octanol–water partition coefficient (Wildman–Crippen LogP) is 4.87. The predicted molar refractivity (Wildman–Crippen MR) is 84.4 cm³/mol. The Balaban J connectivity index is 2.26. The summed E-state index contributed by atoms with van der Waals surface area (Å²) in [6, 6.07) is 8.25. The Morgan fingerprint density at radius 2 is 1.80 bits per heavy atom. The summed E-state index contributed by atoms with van der Waals surface area (Å²) in [7, 11) is 0. The van der Waals surface area contributed by atoms with E-state index < -0.39 is 0 Å². The normalized spacial score (nSPS) is 15.7. The van der Waals surface area contributed by atoms with Crippen molar-refractivity contribution in [2.24, 2.45) is 5.92 Å². The zero-order valence-electron chi connectivity index (χ0n) is 13.2. The number of rotatable bonds is 4. The first kappa shape index (κ1) is 14.7. The summed E-state index contributed by atoms with van der Waals surface area (Å²) in [5, 5.41) is 0. The molecule has 2 rings (SSSR count). The molecule has 0 bridgehead atoms. The monoisotopic (exact) mass is 271 g/mol. The van der Waals surface area contributed by atoms with Crippen molar-refractivity contribution >= 4 is 0 Å². The number of benzene rings is 1. The topological polar surface area (TPSA) is 12.5 Å². The van der Waals surface area contributed by atoms with Crippen LogP contribution in [0, 0.1) is 12.8 Å². The lowest BCUT2D eigenvalue weighted by atomic mass is 10.0. The van der Waals surface area contributed by atoms with Gasteiger partial charge in [-0.25, -0.2) is 0 Å². The molecule has 20 heavy (non-hydrogen) atoms. The number of aryl methyl sites for hydroxylation is 1. The van der Waals surface area contributed by atoms with Gasteiger partial charge in [0.1, 0.15) is 5.75 Å². The van der Waals surface area contributed by atoms with Crippen molar-refractivity contribution in [3.8, 4) is 5.75 Å². The van der Waals surface area contributed by atoms with Gasteiger partial charge < -0.3 is 9.64 Å². The summed E-state index contributed by atoms with van der Waals surface area (Å²) in [5.74, 6) is 2.43. The maximum atomic E-state index is 6.17. The van der Waals surface area contributed by atoms with E-state index in [2.05, 4.69) is 57.7 Å². The van der Waals surface area contributed by atoms with Crippen LogP contribution in [0.2, 0.25) is 0 Å². The first-order valence-corrected chi connectivity index (χ1v) is 7.44. The molecule has 0 aliphatic carbocycles. The third-order valence-corrected chi connectivity index (χ3v) is 3.68. The van der Waals surface area contributed by atoms with Crippen LogP contribution in [0.25, 0.3) is 0 Å². The Morgan fingerprint density at radius 3 is 2.35 bits per heavy atom. The fraction of sp³-hybridized carbons (Fsp3) is 0.444. The van der Waals surface area contributed by atoms with Crippen molar-refractivity contribution in [3.05, 3.63) is 53.1 Å². The lowest BCUT2D eigenvalue weighted by Crippen LogP contribution is -2.31. The van der Waals surface area contributed by atoms with Crippen LogP contribution in [0.1, 0.15) is 39.7 Å². The smallest absolute Gasteiger partial charge is 0.199 e. The second-order valence-corrected chi connectivity index (χ2v) is 5.73. The number of hydrogen-bond acceptors (Lipinski definition) is 2. The van der Waals surface area contributed by atoms with Crippen LogP contribution in [-0.2, 0) is 0 Å².